The maximum absolute atomic E-state index is 13.4. The molecule has 6 nitrogen and oxygen atoms in total. The van der Waals surface area contributed by atoms with Gasteiger partial charge in [-0.3, -0.25) is 4.79 Å². The highest BCUT2D eigenvalue weighted by Gasteiger charge is 2.26. The molecule has 2 aromatic carbocycles. The Kier molecular flexibility index (Phi) is 5.04. The van der Waals surface area contributed by atoms with Crippen molar-refractivity contribution in [3.05, 3.63) is 89.1 Å². The highest BCUT2D eigenvalue weighted by atomic mass is 16.1. The van der Waals surface area contributed by atoms with Crippen LogP contribution in [-0.2, 0) is 19.5 Å². The molecule has 2 aromatic heterocycles. The minimum absolute atomic E-state index is 0.0959. The molecule has 0 aliphatic heterocycles. The molecule has 0 bridgehead atoms. The van der Waals surface area contributed by atoms with E-state index in [1.165, 1.54) is 5.57 Å². The molecule has 5 rings (SSSR count). The van der Waals surface area contributed by atoms with Crippen LogP contribution in [0.2, 0.25) is 0 Å². The number of hydrogen-bond acceptors (Lipinski definition) is 4. The molecule has 1 amide bonds. The smallest absolute Gasteiger partial charge is 0.252 e. The van der Waals surface area contributed by atoms with Gasteiger partial charge in [-0.05, 0) is 48.6 Å². The van der Waals surface area contributed by atoms with Crippen LogP contribution in [0.3, 0.4) is 0 Å². The predicted molar refractivity (Wildman–Crippen MR) is 121 cm³/mol. The lowest BCUT2D eigenvalue weighted by molar-refractivity contribution is 0.0950. The van der Waals surface area contributed by atoms with Gasteiger partial charge in [0.15, 0.2) is 5.82 Å². The van der Waals surface area contributed by atoms with Gasteiger partial charge in [-0.1, -0.05) is 48.5 Å². The van der Waals surface area contributed by atoms with Crippen LogP contribution in [0.15, 0.2) is 60.9 Å². The number of nitrogens with zero attached hydrogens (tertiary/aromatic N) is 4. The van der Waals surface area contributed by atoms with E-state index < -0.39 is 0 Å². The Balaban J connectivity index is 1.55. The first-order valence-corrected chi connectivity index (χ1v) is 10.6. The molecule has 0 radical (unpaired) electrons. The van der Waals surface area contributed by atoms with Crippen LogP contribution in [-0.4, -0.2) is 25.7 Å². The summed E-state index contributed by atoms with van der Waals surface area (Å²) in [5, 5.41) is 12.0. The molecule has 1 N–H and O–H groups in total. The lowest BCUT2D eigenvalue weighted by Crippen LogP contribution is -2.26. The van der Waals surface area contributed by atoms with E-state index in [0.717, 1.165) is 58.5 Å². The predicted octanol–water partition coefficient (Wildman–Crippen LogP) is 4.26. The molecule has 154 valence electrons. The van der Waals surface area contributed by atoms with Crippen molar-refractivity contribution in [1.29, 1.82) is 0 Å². The fraction of sp³-hybridized carbons (Fsp3) is 0.200. The highest BCUT2D eigenvalue weighted by Crippen LogP contribution is 2.37. The molecule has 31 heavy (non-hydrogen) atoms. The molecular formula is C25H23N5O. The summed E-state index contributed by atoms with van der Waals surface area (Å²) in [6.45, 7) is 3.13. The van der Waals surface area contributed by atoms with Crippen LogP contribution in [0.1, 0.15) is 46.3 Å². The van der Waals surface area contributed by atoms with Crippen molar-refractivity contribution in [3.63, 3.8) is 0 Å². The minimum Gasteiger partial charge on any atom is -0.345 e. The maximum Gasteiger partial charge on any atom is 0.252 e. The molecule has 1 aliphatic carbocycles. The number of allylic oxidation sites excluding steroid dienone is 1. The summed E-state index contributed by atoms with van der Waals surface area (Å²) in [7, 11) is 0. The Hall–Kier alpha value is -3.80. The molecule has 0 saturated carbocycles. The Morgan fingerprint density at radius 2 is 1.90 bits per heavy atom. The molecule has 1 aliphatic rings. The van der Waals surface area contributed by atoms with Gasteiger partial charge >= 0.3 is 0 Å². The fourth-order valence-electron chi connectivity index (χ4n) is 4.22. The van der Waals surface area contributed by atoms with E-state index in [2.05, 4.69) is 33.7 Å². The molecular weight excluding hydrogens is 386 g/mol. The molecule has 2 heterocycles. The van der Waals surface area contributed by atoms with E-state index >= 15 is 0 Å². The quantitative estimate of drug-likeness (QED) is 0.534. The summed E-state index contributed by atoms with van der Waals surface area (Å²) in [5.41, 5.74) is 5.83. The summed E-state index contributed by atoms with van der Waals surface area (Å²) in [6, 6.07) is 18.1. The number of carbonyl (C=O) groups is 1. The summed E-state index contributed by atoms with van der Waals surface area (Å²) in [4.78, 5) is 18.3. The lowest BCUT2D eigenvalue weighted by atomic mass is 10.00. The zero-order valence-corrected chi connectivity index (χ0v) is 17.4. The van der Waals surface area contributed by atoms with Crippen molar-refractivity contribution in [2.75, 3.05) is 0 Å². The minimum atomic E-state index is -0.0959. The van der Waals surface area contributed by atoms with Gasteiger partial charge in [-0.2, -0.15) is 0 Å². The van der Waals surface area contributed by atoms with E-state index in [4.69, 9.17) is 4.98 Å². The van der Waals surface area contributed by atoms with E-state index in [0.29, 0.717) is 6.54 Å². The van der Waals surface area contributed by atoms with Gasteiger partial charge in [0.05, 0.1) is 23.3 Å². The number of pyridine rings is 1. The highest BCUT2D eigenvalue weighted by molar-refractivity contribution is 6.09. The average molecular weight is 409 g/mol. The van der Waals surface area contributed by atoms with Crippen LogP contribution < -0.4 is 5.32 Å². The number of benzene rings is 2. The molecule has 0 atom stereocenters. The van der Waals surface area contributed by atoms with Crippen LogP contribution >= 0.6 is 0 Å². The van der Waals surface area contributed by atoms with Crippen molar-refractivity contribution >= 4 is 28.5 Å². The van der Waals surface area contributed by atoms with Crippen molar-refractivity contribution in [3.8, 4) is 0 Å². The van der Waals surface area contributed by atoms with E-state index in [1.807, 2.05) is 54.0 Å². The van der Waals surface area contributed by atoms with Crippen LogP contribution in [0.4, 0.5) is 0 Å². The Morgan fingerprint density at radius 1 is 1.10 bits per heavy atom. The number of nitrogens with one attached hydrogen (secondary N) is 1. The average Bonchev–Trinajstić information content (AvgIpc) is 3.43. The number of hydrogen-bond donors (Lipinski definition) is 1. The van der Waals surface area contributed by atoms with Crippen molar-refractivity contribution in [2.24, 2.45) is 0 Å². The van der Waals surface area contributed by atoms with Crippen molar-refractivity contribution in [1.82, 2.24) is 25.1 Å². The van der Waals surface area contributed by atoms with Gasteiger partial charge in [-0.15, -0.1) is 10.2 Å². The first kappa shape index (κ1) is 19.2. The molecule has 0 unspecified atom stereocenters. The van der Waals surface area contributed by atoms with Gasteiger partial charge < -0.3 is 9.88 Å². The number of aryl methyl sites for hydroxylation is 1. The topological polar surface area (TPSA) is 72.7 Å². The standard InChI is InChI=1S/C25H23N5O/c1-2-30-16-27-29-22(30)15-26-25(31)23-19-10-6-7-11-21(19)28-24-18(12-13-20(23)24)14-17-8-4-3-5-9-17/h3-11,14,16H,2,12-13,15H2,1H3,(H,26,31)/b18-14+. The third kappa shape index (κ3) is 3.61. The normalized spacial score (nSPS) is 14.2. The van der Waals surface area contributed by atoms with Gasteiger partial charge in [-0.25, -0.2) is 4.98 Å². The summed E-state index contributed by atoms with van der Waals surface area (Å²) < 4.78 is 1.93. The molecule has 4 aromatic rings. The number of para-hydroxylation sites is 1. The summed E-state index contributed by atoms with van der Waals surface area (Å²) in [5.74, 6) is 0.650. The Morgan fingerprint density at radius 3 is 2.74 bits per heavy atom. The second-order valence-electron chi connectivity index (χ2n) is 7.63. The second-order valence-corrected chi connectivity index (χ2v) is 7.63. The van der Waals surface area contributed by atoms with Crippen molar-refractivity contribution in [2.45, 2.75) is 32.9 Å². The first-order chi connectivity index (χ1) is 15.2. The number of aromatic nitrogens is 4. The molecule has 6 heteroatoms. The maximum atomic E-state index is 13.4. The van der Waals surface area contributed by atoms with Gasteiger partial charge in [0, 0.05) is 11.9 Å². The Bertz CT molecular complexity index is 1290. The fourth-order valence-corrected chi connectivity index (χ4v) is 4.22. The van der Waals surface area contributed by atoms with Gasteiger partial charge in [0.2, 0.25) is 0 Å². The zero-order chi connectivity index (χ0) is 21.2. The van der Waals surface area contributed by atoms with E-state index in [9.17, 15) is 4.79 Å². The number of fused-ring (bicyclic) bond motifs is 2. The zero-order valence-electron chi connectivity index (χ0n) is 17.4. The molecule has 0 saturated heterocycles. The number of rotatable bonds is 5. The van der Waals surface area contributed by atoms with Crippen LogP contribution in [0, 0.1) is 0 Å². The van der Waals surface area contributed by atoms with Crippen molar-refractivity contribution < 1.29 is 4.79 Å². The van der Waals surface area contributed by atoms with E-state index in [1.54, 1.807) is 6.33 Å². The molecule has 0 fully saturated rings. The monoisotopic (exact) mass is 409 g/mol. The third-order valence-corrected chi connectivity index (χ3v) is 5.75. The van der Waals surface area contributed by atoms with Gasteiger partial charge in [0.25, 0.3) is 5.91 Å². The lowest BCUT2D eigenvalue weighted by Gasteiger charge is -2.13. The van der Waals surface area contributed by atoms with Crippen LogP contribution in [0.25, 0.3) is 22.6 Å². The Labute approximate surface area is 180 Å². The first-order valence-electron chi connectivity index (χ1n) is 10.6. The summed E-state index contributed by atoms with van der Waals surface area (Å²) >= 11 is 0. The summed E-state index contributed by atoms with van der Waals surface area (Å²) in [6.07, 6.45) is 5.54. The van der Waals surface area contributed by atoms with Gasteiger partial charge in [0.1, 0.15) is 6.33 Å². The number of carbonyl (C=O) groups excluding carboxylic acids is 1. The second kappa shape index (κ2) is 8.14. The van der Waals surface area contributed by atoms with E-state index in [-0.39, 0.29) is 5.91 Å². The van der Waals surface area contributed by atoms with Crippen LogP contribution in [0.5, 0.6) is 0 Å². The molecule has 0 spiro atoms. The largest absolute Gasteiger partial charge is 0.345 e. The SMILES string of the molecule is CCn1cnnc1CNC(=O)c1c2c(nc3ccccc13)/C(=C/c1ccccc1)CC2. The third-order valence-electron chi connectivity index (χ3n) is 5.75. The number of amides is 1.